The fraction of sp³-hybridized carbons (Fsp3) is 0.556. The van der Waals surface area contributed by atoms with E-state index >= 15 is 0 Å². The predicted octanol–water partition coefficient (Wildman–Crippen LogP) is 0.919. The van der Waals surface area contributed by atoms with Crippen molar-refractivity contribution in [2.75, 3.05) is 39.3 Å². The van der Waals surface area contributed by atoms with Gasteiger partial charge in [0.2, 0.25) is 17.6 Å². The van der Waals surface area contributed by atoms with Gasteiger partial charge in [-0.05, 0) is 13.8 Å². The first-order chi connectivity index (χ1) is 12.3. The third-order valence-electron chi connectivity index (χ3n) is 4.43. The number of carbonyl (C=O) groups is 2. The Balaban J connectivity index is 2.25. The summed E-state index contributed by atoms with van der Waals surface area (Å²) in [5.41, 5.74) is 5.74. The first-order valence-corrected chi connectivity index (χ1v) is 8.38. The molecule has 0 bridgehead atoms. The Labute approximate surface area is 153 Å². The van der Waals surface area contributed by atoms with Gasteiger partial charge in [0.05, 0.1) is 32.9 Å². The maximum Gasteiger partial charge on any atom is 0.227 e. The fourth-order valence-corrected chi connectivity index (χ4v) is 2.84. The zero-order chi connectivity index (χ0) is 19.5. The van der Waals surface area contributed by atoms with Crippen LogP contribution >= 0.6 is 0 Å². The number of ether oxygens (including phenoxy) is 3. The van der Waals surface area contributed by atoms with Crippen LogP contribution in [-0.2, 0) is 9.59 Å². The third kappa shape index (κ3) is 4.01. The van der Waals surface area contributed by atoms with Crippen LogP contribution in [0.2, 0.25) is 0 Å². The topological polar surface area (TPSA) is 103 Å². The summed E-state index contributed by atoms with van der Waals surface area (Å²) in [5, 5.41) is 2.89. The molecule has 1 heterocycles. The van der Waals surface area contributed by atoms with Crippen molar-refractivity contribution in [1.29, 1.82) is 0 Å². The summed E-state index contributed by atoms with van der Waals surface area (Å²) >= 11 is 0. The quantitative estimate of drug-likeness (QED) is 0.745. The number of hydrogen-bond donors (Lipinski definition) is 2. The van der Waals surface area contributed by atoms with Gasteiger partial charge in [0.25, 0.3) is 0 Å². The molecule has 1 aliphatic heterocycles. The van der Waals surface area contributed by atoms with Crippen molar-refractivity contribution in [3.63, 3.8) is 0 Å². The molecule has 0 aromatic heterocycles. The highest BCUT2D eigenvalue weighted by molar-refractivity contribution is 6.00. The van der Waals surface area contributed by atoms with Crippen molar-refractivity contribution >= 4 is 17.5 Å². The Morgan fingerprint density at radius 3 is 2.27 bits per heavy atom. The van der Waals surface area contributed by atoms with Crippen LogP contribution in [0.3, 0.4) is 0 Å². The molecular weight excluding hydrogens is 338 g/mol. The first kappa shape index (κ1) is 19.8. The lowest BCUT2D eigenvalue weighted by Gasteiger charge is -2.26. The molecule has 1 fully saturated rings. The molecular formula is C18H27N3O5. The van der Waals surface area contributed by atoms with Gasteiger partial charge in [-0.1, -0.05) is 0 Å². The van der Waals surface area contributed by atoms with Crippen molar-refractivity contribution < 1.29 is 23.8 Å². The Bertz CT molecular complexity index is 664. The SMILES string of the molecule is COc1cc(N2CC(C(=O)NC(C)(C)CN)CC2=O)cc(OC)c1OC. The summed E-state index contributed by atoms with van der Waals surface area (Å²) in [6.45, 7) is 4.29. The second kappa shape index (κ2) is 7.82. The van der Waals surface area contributed by atoms with E-state index in [1.54, 1.807) is 17.0 Å². The van der Waals surface area contributed by atoms with Gasteiger partial charge in [-0.15, -0.1) is 0 Å². The number of hydrogen-bond acceptors (Lipinski definition) is 6. The highest BCUT2D eigenvalue weighted by Crippen LogP contribution is 2.42. The molecule has 0 spiro atoms. The minimum absolute atomic E-state index is 0.134. The van der Waals surface area contributed by atoms with E-state index in [9.17, 15) is 9.59 Å². The maximum atomic E-state index is 12.5. The molecule has 144 valence electrons. The Morgan fingerprint density at radius 2 is 1.81 bits per heavy atom. The molecule has 2 rings (SSSR count). The summed E-state index contributed by atoms with van der Waals surface area (Å²) in [6.07, 6.45) is 0.142. The number of nitrogens with zero attached hydrogens (tertiary/aromatic N) is 1. The van der Waals surface area contributed by atoms with Crippen molar-refractivity contribution in [1.82, 2.24) is 5.32 Å². The Morgan fingerprint density at radius 1 is 1.23 bits per heavy atom. The second-order valence-corrected chi connectivity index (χ2v) is 6.87. The number of anilines is 1. The van der Waals surface area contributed by atoms with E-state index in [-0.39, 0.29) is 24.8 Å². The lowest BCUT2D eigenvalue weighted by atomic mass is 10.0. The zero-order valence-corrected chi connectivity index (χ0v) is 15.9. The van der Waals surface area contributed by atoms with Crippen LogP contribution in [0.15, 0.2) is 12.1 Å². The average molecular weight is 365 g/mol. The zero-order valence-electron chi connectivity index (χ0n) is 15.9. The second-order valence-electron chi connectivity index (χ2n) is 6.87. The molecule has 1 unspecified atom stereocenters. The normalized spacial score (nSPS) is 17.2. The highest BCUT2D eigenvalue weighted by Gasteiger charge is 2.37. The van der Waals surface area contributed by atoms with Crippen LogP contribution in [0.1, 0.15) is 20.3 Å². The smallest absolute Gasteiger partial charge is 0.227 e. The Hall–Kier alpha value is -2.48. The van der Waals surface area contributed by atoms with Crippen LogP contribution < -0.4 is 30.2 Å². The molecule has 8 nitrogen and oxygen atoms in total. The molecule has 1 aliphatic rings. The van der Waals surface area contributed by atoms with Crippen molar-refractivity contribution in [3.05, 3.63) is 12.1 Å². The van der Waals surface area contributed by atoms with Gasteiger partial charge >= 0.3 is 0 Å². The third-order valence-corrected chi connectivity index (χ3v) is 4.43. The molecule has 0 saturated carbocycles. The van der Waals surface area contributed by atoms with E-state index in [1.807, 2.05) is 13.8 Å². The first-order valence-electron chi connectivity index (χ1n) is 8.38. The van der Waals surface area contributed by atoms with Crippen molar-refractivity contribution in [2.24, 2.45) is 11.7 Å². The minimum atomic E-state index is -0.514. The van der Waals surface area contributed by atoms with Crippen LogP contribution in [0.25, 0.3) is 0 Å². The molecule has 8 heteroatoms. The van der Waals surface area contributed by atoms with Gasteiger partial charge in [-0.3, -0.25) is 9.59 Å². The molecule has 0 aliphatic carbocycles. The summed E-state index contributed by atoms with van der Waals surface area (Å²) in [6, 6.07) is 3.40. The number of methoxy groups -OCH3 is 3. The number of carbonyl (C=O) groups excluding carboxylic acids is 2. The number of nitrogens with one attached hydrogen (secondary N) is 1. The summed E-state index contributed by atoms with van der Waals surface area (Å²) in [4.78, 5) is 26.5. The largest absolute Gasteiger partial charge is 0.493 e. The summed E-state index contributed by atoms with van der Waals surface area (Å²) < 4.78 is 16.0. The van der Waals surface area contributed by atoms with Crippen molar-refractivity contribution in [3.8, 4) is 17.2 Å². The highest BCUT2D eigenvalue weighted by atomic mass is 16.5. The standard InChI is InChI=1S/C18H27N3O5/c1-18(2,10-19)20-17(23)11-6-15(22)21(9-11)12-7-13(24-3)16(26-5)14(8-12)25-4/h7-8,11H,6,9-10,19H2,1-5H3,(H,20,23). The molecule has 1 aromatic rings. The van der Waals surface area contributed by atoms with Crippen LogP contribution in [-0.4, -0.2) is 51.8 Å². The van der Waals surface area contributed by atoms with E-state index < -0.39 is 11.5 Å². The molecule has 2 amide bonds. The van der Waals surface area contributed by atoms with E-state index in [0.717, 1.165) is 0 Å². The molecule has 3 N–H and O–H groups in total. The lowest BCUT2D eigenvalue weighted by Crippen LogP contribution is -2.51. The molecule has 26 heavy (non-hydrogen) atoms. The number of nitrogens with two attached hydrogens (primary N) is 1. The average Bonchev–Trinajstić information content (AvgIpc) is 3.02. The summed E-state index contributed by atoms with van der Waals surface area (Å²) in [7, 11) is 4.54. The maximum absolute atomic E-state index is 12.5. The van der Waals surface area contributed by atoms with Gasteiger partial charge in [-0.25, -0.2) is 0 Å². The number of rotatable bonds is 7. The van der Waals surface area contributed by atoms with Crippen LogP contribution in [0, 0.1) is 5.92 Å². The molecule has 0 radical (unpaired) electrons. The van der Waals surface area contributed by atoms with E-state index in [1.165, 1.54) is 21.3 Å². The van der Waals surface area contributed by atoms with Gasteiger partial charge in [0, 0.05) is 37.2 Å². The van der Waals surface area contributed by atoms with Crippen LogP contribution in [0.4, 0.5) is 5.69 Å². The summed E-state index contributed by atoms with van der Waals surface area (Å²) in [5.74, 6) is 0.601. The number of benzene rings is 1. The van der Waals surface area contributed by atoms with E-state index in [0.29, 0.717) is 29.5 Å². The minimum Gasteiger partial charge on any atom is -0.493 e. The van der Waals surface area contributed by atoms with Gasteiger partial charge in [-0.2, -0.15) is 0 Å². The van der Waals surface area contributed by atoms with E-state index in [2.05, 4.69) is 5.32 Å². The molecule has 1 atom stereocenters. The van der Waals surface area contributed by atoms with Gasteiger partial charge < -0.3 is 30.2 Å². The molecule has 1 aromatic carbocycles. The Kier molecular flexibility index (Phi) is 5.97. The van der Waals surface area contributed by atoms with E-state index in [4.69, 9.17) is 19.9 Å². The van der Waals surface area contributed by atoms with Gasteiger partial charge in [0.1, 0.15) is 0 Å². The monoisotopic (exact) mass is 365 g/mol. The van der Waals surface area contributed by atoms with Gasteiger partial charge in [0.15, 0.2) is 11.5 Å². The number of amides is 2. The predicted molar refractivity (Wildman–Crippen MR) is 97.8 cm³/mol. The molecule has 1 saturated heterocycles. The fourth-order valence-electron chi connectivity index (χ4n) is 2.84. The van der Waals surface area contributed by atoms with Crippen molar-refractivity contribution in [2.45, 2.75) is 25.8 Å². The lowest BCUT2D eigenvalue weighted by molar-refractivity contribution is -0.127. The van der Waals surface area contributed by atoms with Crippen LogP contribution in [0.5, 0.6) is 17.2 Å².